The number of anilines is 1. The average Bonchev–Trinajstić information content (AvgIpc) is 2.56. The molecule has 1 fully saturated rings. The minimum atomic E-state index is -0.606. The minimum absolute atomic E-state index is 0.112. The molecule has 0 bridgehead atoms. The van der Waals surface area contributed by atoms with Crippen molar-refractivity contribution in [2.45, 2.75) is 37.5 Å². The molecule has 140 valence electrons. The Balaban J connectivity index is 1.68. The molecule has 0 radical (unpaired) electrons. The highest BCUT2D eigenvalue weighted by atomic mass is 79.9. The van der Waals surface area contributed by atoms with E-state index >= 15 is 0 Å². The van der Waals surface area contributed by atoms with Gasteiger partial charge in [0.15, 0.2) is 11.6 Å². The van der Waals surface area contributed by atoms with Gasteiger partial charge in [0.25, 0.3) is 0 Å². The molecule has 0 atom stereocenters. The summed E-state index contributed by atoms with van der Waals surface area (Å²) in [4.78, 5) is 22.4. The minimum Gasteiger partial charge on any atom is -0.446 e. The second-order valence-corrected chi connectivity index (χ2v) is 7.59. The normalized spacial score (nSPS) is 25.0. The van der Waals surface area contributed by atoms with Crippen LogP contribution in [0.3, 0.4) is 0 Å². The standard InChI is InChI=1S/C17H23BrN6O2/c1-24(2)16(25)26-13-6-8-17(9-7-13)22-14(19)21-15(23-17)20-12-5-3-4-11(18)10-12/h3-5,10,13H,6-9H2,1-2H3,(H4,19,20,21,22,23). The zero-order valence-electron chi connectivity index (χ0n) is 14.8. The van der Waals surface area contributed by atoms with Crippen molar-refractivity contribution in [3.63, 3.8) is 0 Å². The van der Waals surface area contributed by atoms with E-state index in [4.69, 9.17) is 15.5 Å². The van der Waals surface area contributed by atoms with Crippen molar-refractivity contribution in [2.75, 3.05) is 19.4 Å². The van der Waals surface area contributed by atoms with Crippen LogP contribution < -0.4 is 16.4 Å². The summed E-state index contributed by atoms with van der Waals surface area (Å²) in [5.41, 5.74) is 6.27. The first-order valence-electron chi connectivity index (χ1n) is 8.48. The van der Waals surface area contributed by atoms with Crippen LogP contribution in [0.2, 0.25) is 0 Å². The number of halogens is 1. The van der Waals surface area contributed by atoms with Crippen molar-refractivity contribution in [1.82, 2.24) is 10.2 Å². The van der Waals surface area contributed by atoms with Crippen LogP contribution in [0.1, 0.15) is 25.7 Å². The quantitative estimate of drug-likeness (QED) is 0.678. The fourth-order valence-corrected chi connectivity index (χ4v) is 3.44. The lowest BCUT2D eigenvalue weighted by atomic mass is 9.87. The number of nitrogens with two attached hydrogens (primary N) is 1. The van der Waals surface area contributed by atoms with Gasteiger partial charge < -0.3 is 20.7 Å². The van der Waals surface area contributed by atoms with Gasteiger partial charge in [-0.15, -0.1) is 0 Å². The van der Waals surface area contributed by atoms with Crippen molar-refractivity contribution in [1.29, 1.82) is 0 Å². The van der Waals surface area contributed by atoms with E-state index < -0.39 is 5.66 Å². The molecular weight excluding hydrogens is 400 g/mol. The van der Waals surface area contributed by atoms with Crippen LogP contribution in [-0.2, 0) is 4.74 Å². The van der Waals surface area contributed by atoms with E-state index in [9.17, 15) is 4.79 Å². The molecule has 1 saturated carbocycles. The van der Waals surface area contributed by atoms with Crippen LogP contribution in [0, 0.1) is 0 Å². The predicted octanol–water partition coefficient (Wildman–Crippen LogP) is 2.47. The number of carbonyl (C=O) groups excluding carboxylic acids is 1. The molecule has 1 amide bonds. The topological polar surface area (TPSA) is 104 Å². The number of rotatable bonds is 2. The van der Waals surface area contributed by atoms with Crippen molar-refractivity contribution in [2.24, 2.45) is 15.7 Å². The van der Waals surface area contributed by atoms with Gasteiger partial charge in [-0.2, -0.15) is 0 Å². The van der Waals surface area contributed by atoms with E-state index in [1.165, 1.54) is 4.90 Å². The summed E-state index contributed by atoms with van der Waals surface area (Å²) in [5.74, 6) is 0.903. The smallest absolute Gasteiger partial charge is 0.409 e. The van der Waals surface area contributed by atoms with Gasteiger partial charge in [-0.1, -0.05) is 22.0 Å². The summed E-state index contributed by atoms with van der Waals surface area (Å²) in [5, 5.41) is 6.21. The molecule has 1 aromatic carbocycles. The van der Waals surface area contributed by atoms with Gasteiger partial charge >= 0.3 is 6.09 Å². The molecule has 26 heavy (non-hydrogen) atoms. The zero-order chi connectivity index (χ0) is 18.7. The Kier molecular flexibility index (Phi) is 5.36. The van der Waals surface area contributed by atoms with Gasteiger partial charge in [0.05, 0.1) is 0 Å². The summed E-state index contributed by atoms with van der Waals surface area (Å²) in [6.07, 6.45) is 2.31. The number of aliphatic imine (C=N–C) groups is 2. The number of guanidine groups is 2. The molecule has 8 nitrogen and oxygen atoms in total. The van der Waals surface area contributed by atoms with E-state index in [0.29, 0.717) is 37.6 Å². The molecule has 1 aliphatic carbocycles. The highest BCUT2D eigenvalue weighted by Gasteiger charge is 2.39. The lowest BCUT2D eigenvalue weighted by molar-refractivity contribution is 0.0432. The molecule has 9 heteroatoms. The van der Waals surface area contributed by atoms with Crippen LogP contribution in [0.25, 0.3) is 0 Å². The molecule has 4 N–H and O–H groups in total. The number of amides is 1. The second kappa shape index (κ2) is 7.53. The van der Waals surface area contributed by atoms with E-state index in [1.807, 2.05) is 24.3 Å². The van der Waals surface area contributed by atoms with Crippen LogP contribution in [0.5, 0.6) is 0 Å². The lowest BCUT2D eigenvalue weighted by Crippen LogP contribution is -2.50. The monoisotopic (exact) mass is 422 g/mol. The Bertz CT molecular complexity index is 741. The summed E-state index contributed by atoms with van der Waals surface area (Å²) >= 11 is 3.45. The molecule has 0 saturated heterocycles. The SMILES string of the molecule is CN(C)C(=O)OC1CCC2(CC1)N=C(N)NC(Nc1cccc(Br)c1)=N2. The highest BCUT2D eigenvalue weighted by molar-refractivity contribution is 9.10. The maximum atomic E-state index is 11.7. The second-order valence-electron chi connectivity index (χ2n) is 6.68. The van der Waals surface area contributed by atoms with Gasteiger partial charge in [0.1, 0.15) is 6.10 Å². The van der Waals surface area contributed by atoms with Crippen molar-refractivity contribution in [3.8, 4) is 0 Å². The van der Waals surface area contributed by atoms with E-state index in [0.717, 1.165) is 10.2 Å². The summed E-state index contributed by atoms with van der Waals surface area (Å²) in [7, 11) is 3.35. The van der Waals surface area contributed by atoms with Gasteiger partial charge in [-0.25, -0.2) is 14.8 Å². The van der Waals surface area contributed by atoms with E-state index in [-0.39, 0.29) is 12.2 Å². The van der Waals surface area contributed by atoms with Crippen LogP contribution in [-0.4, -0.2) is 48.8 Å². The van der Waals surface area contributed by atoms with Gasteiger partial charge in [-0.3, -0.25) is 5.32 Å². The zero-order valence-corrected chi connectivity index (χ0v) is 16.4. The first-order valence-corrected chi connectivity index (χ1v) is 9.27. The predicted molar refractivity (Wildman–Crippen MR) is 105 cm³/mol. The van der Waals surface area contributed by atoms with Crippen molar-refractivity contribution in [3.05, 3.63) is 28.7 Å². The molecule has 1 aromatic rings. The Hall–Kier alpha value is -2.29. The molecule has 3 rings (SSSR count). The van der Waals surface area contributed by atoms with E-state index in [1.54, 1.807) is 14.1 Å². The number of carbonyl (C=O) groups is 1. The third-order valence-corrected chi connectivity index (χ3v) is 4.84. The molecule has 1 spiro atoms. The number of ether oxygens (including phenoxy) is 1. The molecule has 2 aliphatic rings. The highest BCUT2D eigenvalue weighted by Crippen LogP contribution is 2.35. The molecule has 0 unspecified atom stereocenters. The third-order valence-electron chi connectivity index (χ3n) is 4.35. The number of nitrogens with one attached hydrogen (secondary N) is 2. The van der Waals surface area contributed by atoms with Crippen LogP contribution >= 0.6 is 15.9 Å². The summed E-state index contributed by atoms with van der Waals surface area (Å²) in [6, 6.07) is 7.79. The van der Waals surface area contributed by atoms with Gasteiger partial charge in [0.2, 0.25) is 5.96 Å². The Labute approximate surface area is 161 Å². The number of nitrogens with zero attached hydrogens (tertiary/aromatic N) is 3. The van der Waals surface area contributed by atoms with Crippen molar-refractivity contribution >= 4 is 39.6 Å². The van der Waals surface area contributed by atoms with Crippen molar-refractivity contribution < 1.29 is 9.53 Å². The Morgan fingerprint density at radius 2 is 2.12 bits per heavy atom. The molecule has 1 heterocycles. The average molecular weight is 423 g/mol. The van der Waals surface area contributed by atoms with E-state index in [2.05, 4.69) is 31.6 Å². The molecule has 0 aromatic heterocycles. The number of hydrogen-bond donors (Lipinski definition) is 3. The molecule has 1 aliphatic heterocycles. The van der Waals surface area contributed by atoms with Gasteiger partial charge in [0, 0.05) is 24.3 Å². The Morgan fingerprint density at radius 3 is 2.77 bits per heavy atom. The van der Waals surface area contributed by atoms with Gasteiger partial charge in [-0.05, 0) is 43.9 Å². The summed E-state index contributed by atoms with van der Waals surface area (Å²) in [6.45, 7) is 0. The first-order chi connectivity index (χ1) is 12.3. The van der Waals surface area contributed by atoms with Crippen LogP contribution in [0.4, 0.5) is 10.5 Å². The third kappa shape index (κ3) is 4.46. The van der Waals surface area contributed by atoms with Crippen LogP contribution in [0.15, 0.2) is 38.7 Å². The largest absolute Gasteiger partial charge is 0.446 e. The lowest BCUT2D eigenvalue weighted by Gasteiger charge is -2.37. The maximum Gasteiger partial charge on any atom is 0.409 e. The first kappa shape index (κ1) is 18.5. The number of benzene rings is 1. The maximum absolute atomic E-state index is 11.7. The fraction of sp³-hybridized carbons (Fsp3) is 0.471. The molecular formula is C17H23BrN6O2. The fourth-order valence-electron chi connectivity index (χ4n) is 3.04. The Morgan fingerprint density at radius 1 is 1.38 bits per heavy atom. The summed E-state index contributed by atoms with van der Waals surface area (Å²) < 4.78 is 6.44. The number of hydrogen-bond acceptors (Lipinski definition) is 7.